The molecule has 1 aromatic carbocycles. The fourth-order valence-corrected chi connectivity index (χ4v) is 2.71. The quantitative estimate of drug-likeness (QED) is 0.829. The number of carbonyl (C=O) groups is 2. The maximum Gasteiger partial charge on any atom is 0.253 e. The number of likely N-dealkylation sites (N-methyl/N-ethyl adjacent to an activating group) is 1. The third-order valence-electron chi connectivity index (χ3n) is 4.04. The molecule has 3 rings (SSSR count). The van der Waals surface area contributed by atoms with Crippen LogP contribution in [0.1, 0.15) is 22.3 Å². The van der Waals surface area contributed by atoms with Crippen molar-refractivity contribution in [1.82, 2.24) is 9.80 Å². The summed E-state index contributed by atoms with van der Waals surface area (Å²) >= 11 is 0. The first-order valence-electron chi connectivity index (χ1n) is 7.04. The molecule has 5 nitrogen and oxygen atoms in total. The van der Waals surface area contributed by atoms with E-state index in [-0.39, 0.29) is 11.8 Å². The topological polar surface area (TPSA) is 52.7 Å². The second-order valence-corrected chi connectivity index (χ2v) is 5.52. The first-order chi connectivity index (χ1) is 9.63. The molecule has 0 radical (unpaired) electrons. The Labute approximate surface area is 118 Å². The van der Waals surface area contributed by atoms with E-state index < -0.39 is 0 Å². The van der Waals surface area contributed by atoms with Gasteiger partial charge in [0.05, 0.1) is 0 Å². The van der Waals surface area contributed by atoms with Crippen LogP contribution in [-0.4, -0.2) is 54.8 Å². The van der Waals surface area contributed by atoms with Crippen LogP contribution in [0.4, 0.5) is 5.69 Å². The standard InChI is InChI=1S/C15H19N3O2/c1-17-6-8-18(9-7-17)15(20)12-2-4-13-11(10-12)3-5-14(19)16-13/h2,4,10H,3,5-9H2,1H3,(H,16,19). The Hall–Kier alpha value is -1.88. The summed E-state index contributed by atoms with van der Waals surface area (Å²) in [5.41, 5.74) is 2.63. The van der Waals surface area contributed by atoms with Crippen molar-refractivity contribution in [1.29, 1.82) is 0 Å². The van der Waals surface area contributed by atoms with Gasteiger partial charge in [0.1, 0.15) is 0 Å². The number of amides is 2. The predicted octanol–water partition coefficient (Wildman–Crippen LogP) is 0.959. The van der Waals surface area contributed by atoms with Crippen molar-refractivity contribution in [2.45, 2.75) is 12.8 Å². The maximum absolute atomic E-state index is 12.5. The van der Waals surface area contributed by atoms with Gasteiger partial charge in [0.2, 0.25) is 5.91 Å². The van der Waals surface area contributed by atoms with E-state index in [1.165, 1.54) is 0 Å². The van der Waals surface area contributed by atoms with Crippen LogP contribution in [0.3, 0.4) is 0 Å². The zero-order valence-electron chi connectivity index (χ0n) is 11.7. The molecule has 1 aromatic rings. The van der Waals surface area contributed by atoms with E-state index in [0.717, 1.165) is 43.0 Å². The van der Waals surface area contributed by atoms with Gasteiger partial charge in [-0.3, -0.25) is 9.59 Å². The molecule has 1 N–H and O–H groups in total. The first-order valence-corrected chi connectivity index (χ1v) is 7.04. The summed E-state index contributed by atoms with van der Waals surface area (Å²) in [7, 11) is 2.07. The third-order valence-corrected chi connectivity index (χ3v) is 4.04. The molecule has 20 heavy (non-hydrogen) atoms. The highest BCUT2D eigenvalue weighted by molar-refractivity contribution is 5.98. The molecule has 2 amide bonds. The molecule has 0 aromatic heterocycles. The Bertz CT molecular complexity index is 548. The minimum absolute atomic E-state index is 0.0515. The van der Waals surface area contributed by atoms with Crippen LogP contribution >= 0.6 is 0 Å². The molecule has 0 spiro atoms. The molecule has 1 fully saturated rings. The van der Waals surface area contributed by atoms with E-state index in [4.69, 9.17) is 0 Å². The van der Waals surface area contributed by atoms with Crippen molar-refractivity contribution in [3.8, 4) is 0 Å². The minimum Gasteiger partial charge on any atom is -0.336 e. The smallest absolute Gasteiger partial charge is 0.253 e. The number of piperazine rings is 1. The van der Waals surface area contributed by atoms with Crippen molar-refractivity contribution in [3.63, 3.8) is 0 Å². The number of nitrogens with one attached hydrogen (secondary N) is 1. The van der Waals surface area contributed by atoms with Crippen LogP contribution in [-0.2, 0) is 11.2 Å². The molecule has 2 aliphatic heterocycles. The molecule has 2 heterocycles. The van der Waals surface area contributed by atoms with Crippen LogP contribution in [0.2, 0.25) is 0 Å². The van der Waals surface area contributed by atoms with E-state index in [1.807, 2.05) is 23.1 Å². The van der Waals surface area contributed by atoms with E-state index in [0.29, 0.717) is 12.8 Å². The number of hydrogen-bond acceptors (Lipinski definition) is 3. The first kappa shape index (κ1) is 13.1. The monoisotopic (exact) mass is 273 g/mol. The maximum atomic E-state index is 12.5. The SMILES string of the molecule is CN1CCN(C(=O)c2ccc3c(c2)CCC(=O)N3)CC1. The number of aryl methyl sites for hydroxylation is 1. The Kier molecular flexibility index (Phi) is 3.44. The lowest BCUT2D eigenvalue weighted by Crippen LogP contribution is -2.47. The van der Waals surface area contributed by atoms with Crippen molar-refractivity contribution in [2.75, 3.05) is 38.5 Å². The minimum atomic E-state index is 0.0515. The van der Waals surface area contributed by atoms with Gasteiger partial charge in [-0.15, -0.1) is 0 Å². The van der Waals surface area contributed by atoms with Gasteiger partial charge in [-0.1, -0.05) is 0 Å². The second-order valence-electron chi connectivity index (χ2n) is 5.52. The summed E-state index contributed by atoms with van der Waals surface area (Å²) in [5.74, 6) is 0.147. The number of hydrogen-bond donors (Lipinski definition) is 1. The predicted molar refractivity (Wildman–Crippen MR) is 76.8 cm³/mol. The van der Waals surface area contributed by atoms with Gasteiger partial charge in [0.25, 0.3) is 5.91 Å². The molecular formula is C15H19N3O2. The van der Waals surface area contributed by atoms with Crippen LogP contribution in [0.15, 0.2) is 18.2 Å². The molecule has 2 aliphatic rings. The third kappa shape index (κ3) is 2.54. The highest BCUT2D eigenvalue weighted by Crippen LogP contribution is 2.24. The normalized spacial score (nSPS) is 19.4. The second kappa shape index (κ2) is 5.25. The Morgan fingerprint density at radius 1 is 1.15 bits per heavy atom. The Morgan fingerprint density at radius 3 is 2.65 bits per heavy atom. The van der Waals surface area contributed by atoms with Gasteiger partial charge >= 0.3 is 0 Å². The van der Waals surface area contributed by atoms with Crippen LogP contribution < -0.4 is 5.32 Å². The summed E-state index contributed by atoms with van der Waals surface area (Å²) < 4.78 is 0. The number of anilines is 1. The van der Waals surface area contributed by atoms with E-state index in [1.54, 1.807) is 0 Å². The summed E-state index contributed by atoms with van der Waals surface area (Å²) in [6.07, 6.45) is 1.21. The summed E-state index contributed by atoms with van der Waals surface area (Å²) in [5, 5.41) is 2.84. The van der Waals surface area contributed by atoms with Gasteiger partial charge in [-0.2, -0.15) is 0 Å². The van der Waals surface area contributed by atoms with Crippen molar-refractivity contribution >= 4 is 17.5 Å². The Balaban J connectivity index is 1.77. The molecule has 0 atom stereocenters. The zero-order valence-corrected chi connectivity index (χ0v) is 11.7. The number of nitrogens with zero attached hydrogens (tertiary/aromatic N) is 2. The molecule has 0 aliphatic carbocycles. The van der Waals surface area contributed by atoms with E-state index in [9.17, 15) is 9.59 Å². The lowest BCUT2D eigenvalue weighted by Gasteiger charge is -2.32. The molecular weight excluding hydrogens is 254 g/mol. The summed E-state index contributed by atoms with van der Waals surface area (Å²) in [4.78, 5) is 27.9. The van der Waals surface area contributed by atoms with Crippen molar-refractivity contribution in [3.05, 3.63) is 29.3 Å². The molecule has 1 saturated heterocycles. The van der Waals surface area contributed by atoms with E-state index >= 15 is 0 Å². The van der Waals surface area contributed by atoms with Crippen molar-refractivity contribution < 1.29 is 9.59 Å². The molecule has 5 heteroatoms. The van der Waals surface area contributed by atoms with Crippen LogP contribution in [0.25, 0.3) is 0 Å². The number of rotatable bonds is 1. The van der Waals surface area contributed by atoms with Crippen LogP contribution in [0.5, 0.6) is 0 Å². The van der Waals surface area contributed by atoms with Crippen molar-refractivity contribution in [2.24, 2.45) is 0 Å². The number of carbonyl (C=O) groups excluding carboxylic acids is 2. The van der Waals surface area contributed by atoms with Gasteiger partial charge < -0.3 is 15.1 Å². The lowest BCUT2D eigenvalue weighted by atomic mass is 10.00. The highest BCUT2D eigenvalue weighted by Gasteiger charge is 2.22. The number of benzene rings is 1. The summed E-state index contributed by atoms with van der Waals surface area (Å²) in [6.45, 7) is 3.41. The van der Waals surface area contributed by atoms with E-state index in [2.05, 4.69) is 17.3 Å². The van der Waals surface area contributed by atoms with Gasteiger partial charge in [-0.05, 0) is 37.2 Å². The number of fused-ring (bicyclic) bond motifs is 1. The average molecular weight is 273 g/mol. The molecule has 0 unspecified atom stereocenters. The summed E-state index contributed by atoms with van der Waals surface area (Å²) in [6, 6.07) is 5.58. The lowest BCUT2D eigenvalue weighted by molar-refractivity contribution is -0.116. The fraction of sp³-hybridized carbons (Fsp3) is 0.467. The van der Waals surface area contributed by atoms with Crippen LogP contribution in [0, 0.1) is 0 Å². The zero-order chi connectivity index (χ0) is 14.1. The van der Waals surface area contributed by atoms with Gasteiger partial charge in [0.15, 0.2) is 0 Å². The average Bonchev–Trinajstić information content (AvgIpc) is 2.47. The Morgan fingerprint density at radius 2 is 1.90 bits per heavy atom. The molecule has 0 saturated carbocycles. The largest absolute Gasteiger partial charge is 0.336 e. The highest BCUT2D eigenvalue weighted by atomic mass is 16.2. The molecule has 0 bridgehead atoms. The van der Waals surface area contributed by atoms with Gasteiger partial charge in [0, 0.05) is 43.9 Å². The van der Waals surface area contributed by atoms with Gasteiger partial charge in [-0.25, -0.2) is 0 Å². The fourth-order valence-electron chi connectivity index (χ4n) is 2.71. The molecule has 106 valence electrons.